The number of nitrogens with one attached hydrogen (secondary N) is 1. The van der Waals surface area contributed by atoms with Crippen molar-refractivity contribution < 1.29 is 18.3 Å². The summed E-state index contributed by atoms with van der Waals surface area (Å²) < 4.78 is 30.0. The zero-order valence-corrected chi connectivity index (χ0v) is 19.8. The van der Waals surface area contributed by atoms with Crippen LogP contribution < -0.4 is 4.74 Å². The SMILES string of the molecule is CN1CCN(C(=O)c2cc3cc(Cc4nccc(-c5cc(OCC(F)F)ccn5)n4)ccc3[nH]2)CC1. The lowest BCUT2D eigenvalue weighted by Crippen LogP contribution is -2.47. The molecule has 0 bridgehead atoms. The topological polar surface area (TPSA) is 87.2 Å². The lowest BCUT2D eigenvalue weighted by atomic mass is 10.1. The van der Waals surface area contributed by atoms with Gasteiger partial charge in [0.2, 0.25) is 0 Å². The number of ether oxygens (including phenoxy) is 1. The number of likely N-dealkylation sites (N-methyl/N-ethyl adjacent to an activating group) is 1. The molecule has 1 aliphatic rings. The quantitative estimate of drug-likeness (QED) is 0.424. The van der Waals surface area contributed by atoms with Crippen LogP contribution in [0.5, 0.6) is 5.75 Å². The minimum absolute atomic E-state index is 0.0177. The van der Waals surface area contributed by atoms with Crippen molar-refractivity contribution in [2.75, 3.05) is 39.8 Å². The molecule has 1 saturated heterocycles. The van der Waals surface area contributed by atoms with Crippen molar-refractivity contribution in [3.05, 3.63) is 71.9 Å². The van der Waals surface area contributed by atoms with Crippen LogP contribution in [-0.4, -0.2) is 81.9 Å². The molecule has 0 atom stereocenters. The van der Waals surface area contributed by atoms with Gasteiger partial charge in [0.25, 0.3) is 12.3 Å². The minimum Gasteiger partial charge on any atom is -0.488 e. The number of amides is 1. The van der Waals surface area contributed by atoms with Gasteiger partial charge in [-0.2, -0.15) is 0 Å². The second kappa shape index (κ2) is 10.4. The Balaban J connectivity index is 1.31. The van der Waals surface area contributed by atoms with E-state index in [1.54, 1.807) is 18.3 Å². The zero-order chi connectivity index (χ0) is 25.1. The number of carbonyl (C=O) groups excluding carboxylic acids is 1. The molecule has 5 rings (SSSR count). The van der Waals surface area contributed by atoms with Crippen LogP contribution in [-0.2, 0) is 6.42 Å². The Morgan fingerprint density at radius 3 is 2.64 bits per heavy atom. The monoisotopic (exact) mass is 492 g/mol. The Hall–Kier alpha value is -3.92. The van der Waals surface area contributed by atoms with Gasteiger partial charge < -0.3 is 19.5 Å². The van der Waals surface area contributed by atoms with Gasteiger partial charge in [0.15, 0.2) is 0 Å². The summed E-state index contributed by atoms with van der Waals surface area (Å²) in [6.45, 7) is 2.51. The molecule has 0 spiro atoms. The van der Waals surface area contributed by atoms with E-state index in [9.17, 15) is 13.6 Å². The fraction of sp³-hybridized carbons (Fsp3) is 0.308. The molecule has 0 aliphatic carbocycles. The molecule has 0 radical (unpaired) electrons. The van der Waals surface area contributed by atoms with Crippen LogP contribution in [0.25, 0.3) is 22.3 Å². The highest BCUT2D eigenvalue weighted by Gasteiger charge is 2.21. The van der Waals surface area contributed by atoms with E-state index in [-0.39, 0.29) is 5.91 Å². The molecule has 4 aromatic rings. The largest absolute Gasteiger partial charge is 0.488 e. The summed E-state index contributed by atoms with van der Waals surface area (Å²) in [7, 11) is 2.06. The van der Waals surface area contributed by atoms with Crippen molar-refractivity contribution in [1.29, 1.82) is 0 Å². The van der Waals surface area contributed by atoms with E-state index in [1.165, 1.54) is 12.3 Å². The number of pyridine rings is 1. The molecule has 10 heteroatoms. The number of halogens is 2. The van der Waals surface area contributed by atoms with Crippen molar-refractivity contribution in [3.63, 3.8) is 0 Å². The first kappa shape index (κ1) is 23.8. The third kappa shape index (κ3) is 5.49. The van der Waals surface area contributed by atoms with Crippen molar-refractivity contribution in [1.82, 2.24) is 29.7 Å². The van der Waals surface area contributed by atoms with E-state index in [4.69, 9.17) is 4.74 Å². The molecule has 36 heavy (non-hydrogen) atoms. The number of aromatic amines is 1. The van der Waals surface area contributed by atoms with Gasteiger partial charge >= 0.3 is 0 Å². The molecule has 1 aliphatic heterocycles. The number of nitrogens with zero attached hydrogens (tertiary/aromatic N) is 5. The van der Waals surface area contributed by atoms with Gasteiger partial charge in [-0.3, -0.25) is 9.78 Å². The van der Waals surface area contributed by atoms with E-state index < -0.39 is 13.0 Å². The standard InChI is InChI=1S/C26H26F2N6O2/c1-33-8-10-34(11-9-33)26(35)23-14-18-12-17(2-3-20(18)31-23)13-25-30-7-5-21(32-25)22-15-19(4-6-29-22)36-16-24(27)28/h2-7,12,14-15,24,31H,8-11,13,16H2,1H3. The summed E-state index contributed by atoms with van der Waals surface area (Å²) in [6, 6.07) is 12.7. The molecule has 1 fully saturated rings. The first-order chi connectivity index (χ1) is 17.4. The van der Waals surface area contributed by atoms with Crippen LogP contribution in [0.15, 0.2) is 54.9 Å². The number of H-pyrrole nitrogens is 1. The van der Waals surface area contributed by atoms with Gasteiger partial charge in [0.1, 0.15) is 23.9 Å². The number of aromatic nitrogens is 4. The average Bonchev–Trinajstić information content (AvgIpc) is 3.31. The number of fused-ring (bicyclic) bond motifs is 1. The second-order valence-electron chi connectivity index (χ2n) is 8.81. The number of piperazine rings is 1. The zero-order valence-electron chi connectivity index (χ0n) is 19.8. The summed E-state index contributed by atoms with van der Waals surface area (Å²) in [5.74, 6) is 0.918. The smallest absolute Gasteiger partial charge is 0.272 e. The highest BCUT2D eigenvalue weighted by Crippen LogP contribution is 2.22. The third-order valence-electron chi connectivity index (χ3n) is 6.14. The van der Waals surface area contributed by atoms with Gasteiger partial charge in [-0.15, -0.1) is 0 Å². The maximum atomic E-state index is 12.9. The van der Waals surface area contributed by atoms with E-state index >= 15 is 0 Å². The summed E-state index contributed by atoms with van der Waals surface area (Å²) in [4.78, 5) is 33.5. The van der Waals surface area contributed by atoms with Gasteiger partial charge in [-0.25, -0.2) is 18.7 Å². The molecule has 8 nitrogen and oxygen atoms in total. The van der Waals surface area contributed by atoms with Crippen LogP contribution in [0.4, 0.5) is 8.78 Å². The maximum Gasteiger partial charge on any atom is 0.272 e. The van der Waals surface area contributed by atoms with Gasteiger partial charge in [0.05, 0.1) is 11.4 Å². The molecular weight excluding hydrogens is 466 g/mol. The molecule has 0 saturated carbocycles. The maximum absolute atomic E-state index is 12.9. The van der Waals surface area contributed by atoms with E-state index in [2.05, 4.69) is 31.9 Å². The number of hydrogen-bond donors (Lipinski definition) is 1. The molecule has 1 amide bonds. The van der Waals surface area contributed by atoms with Crippen LogP contribution in [0.2, 0.25) is 0 Å². The minimum atomic E-state index is -2.55. The first-order valence-corrected chi connectivity index (χ1v) is 11.7. The Bertz CT molecular complexity index is 1370. The fourth-order valence-electron chi connectivity index (χ4n) is 4.20. The third-order valence-corrected chi connectivity index (χ3v) is 6.14. The van der Waals surface area contributed by atoms with Gasteiger partial charge in [0, 0.05) is 62.0 Å². The van der Waals surface area contributed by atoms with Crippen LogP contribution in [0, 0.1) is 0 Å². The number of carbonyl (C=O) groups is 1. The van der Waals surface area contributed by atoms with E-state index in [0.717, 1.165) is 42.6 Å². The van der Waals surface area contributed by atoms with Crippen LogP contribution in [0.3, 0.4) is 0 Å². The van der Waals surface area contributed by atoms with Crippen LogP contribution >= 0.6 is 0 Å². The molecule has 1 aromatic carbocycles. The first-order valence-electron chi connectivity index (χ1n) is 11.7. The van der Waals surface area contributed by atoms with Crippen molar-refractivity contribution in [2.45, 2.75) is 12.8 Å². The number of rotatable bonds is 7. The average molecular weight is 493 g/mol. The lowest BCUT2D eigenvalue weighted by molar-refractivity contribution is 0.0659. The van der Waals surface area contributed by atoms with E-state index in [1.807, 2.05) is 29.2 Å². The Morgan fingerprint density at radius 1 is 1.03 bits per heavy atom. The normalized spacial score (nSPS) is 14.5. The number of benzene rings is 1. The number of alkyl halides is 2. The molecular formula is C26H26F2N6O2. The molecule has 0 unspecified atom stereocenters. The molecule has 3 aromatic heterocycles. The molecule has 4 heterocycles. The Kier molecular flexibility index (Phi) is 6.86. The van der Waals surface area contributed by atoms with Crippen molar-refractivity contribution >= 4 is 16.8 Å². The fourth-order valence-corrected chi connectivity index (χ4v) is 4.20. The Morgan fingerprint density at radius 2 is 1.83 bits per heavy atom. The number of hydrogen-bond acceptors (Lipinski definition) is 6. The highest BCUT2D eigenvalue weighted by molar-refractivity contribution is 5.98. The van der Waals surface area contributed by atoms with E-state index in [0.29, 0.717) is 35.1 Å². The Labute approximate surface area is 206 Å². The summed E-state index contributed by atoms with van der Waals surface area (Å²) >= 11 is 0. The van der Waals surface area contributed by atoms with Crippen molar-refractivity contribution in [3.8, 4) is 17.1 Å². The summed E-state index contributed by atoms with van der Waals surface area (Å²) in [5, 5.41) is 0.951. The predicted octanol–water partition coefficient (Wildman–Crippen LogP) is 3.64. The van der Waals surface area contributed by atoms with Gasteiger partial charge in [-0.1, -0.05) is 6.07 Å². The molecule has 186 valence electrons. The summed E-state index contributed by atoms with van der Waals surface area (Å²) in [5.41, 5.74) is 3.57. The van der Waals surface area contributed by atoms with Crippen molar-refractivity contribution in [2.24, 2.45) is 0 Å². The summed E-state index contributed by atoms with van der Waals surface area (Å²) in [6.07, 6.45) is 1.08. The lowest BCUT2D eigenvalue weighted by Gasteiger charge is -2.32. The van der Waals surface area contributed by atoms with Gasteiger partial charge in [-0.05, 0) is 42.9 Å². The second-order valence-corrected chi connectivity index (χ2v) is 8.81. The highest BCUT2D eigenvalue weighted by atomic mass is 19.3. The predicted molar refractivity (Wildman–Crippen MR) is 131 cm³/mol. The van der Waals surface area contributed by atoms with Crippen LogP contribution in [0.1, 0.15) is 21.9 Å². The molecule has 1 N–H and O–H groups in total.